The molecular weight excluding hydrogens is 328 g/mol. The highest BCUT2D eigenvalue weighted by molar-refractivity contribution is 6.03. The highest BCUT2D eigenvalue weighted by atomic mass is 16.1. The Hall–Kier alpha value is -3.19. The van der Waals surface area contributed by atoms with Gasteiger partial charge in [-0.2, -0.15) is 0 Å². The average molecular weight is 352 g/mol. The van der Waals surface area contributed by atoms with Gasteiger partial charge < -0.3 is 16.5 Å². The third-order valence-corrected chi connectivity index (χ3v) is 3.81. The van der Waals surface area contributed by atoms with Crippen molar-refractivity contribution in [1.82, 2.24) is 10.4 Å². The van der Waals surface area contributed by atoms with Crippen molar-refractivity contribution in [3.05, 3.63) is 53.7 Å². The maximum Gasteiger partial charge on any atom is 0.221 e. The van der Waals surface area contributed by atoms with Crippen LogP contribution < -0.4 is 22.3 Å². The van der Waals surface area contributed by atoms with Crippen molar-refractivity contribution >= 4 is 23.2 Å². The van der Waals surface area contributed by atoms with Gasteiger partial charge in [-0.1, -0.05) is 23.8 Å². The molecular formula is C19H24N6O. The Balaban J connectivity index is 2.42. The van der Waals surface area contributed by atoms with E-state index in [4.69, 9.17) is 11.6 Å². The van der Waals surface area contributed by atoms with Gasteiger partial charge >= 0.3 is 0 Å². The molecule has 1 aromatic heterocycles. The molecule has 1 amide bonds. The molecule has 0 atom stereocenters. The molecule has 0 radical (unpaired) electrons. The summed E-state index contributed by atoms with van der Waals surface area (Å²) in [6, 6.07) is 9.36. The van der Waals surface area contributed by atoms with E-state index >= 15 is 0 Å². The maximum absolute atomic E-state index is 11.3. The zero-order chi connectivity index (χ0) is 19.1. The number of amides is 1. The number of carbonyl (C=O) groups excluding carboxylic acids is 1. The smallest absolute Gasteiger partial charge is 0.221 e. The van der Waals surface area contributed by atoms with E-state index in [2.05, 4.69) is 20.7 Å². The monoisotopic (exact) mass is 352 g/mol. The molecule has 1 aromatic carbocycles. The number of carbonyl (C=O) groups is 1. The second kappa shape index (κ2) is 8.77. The lowest BCUT2D eigenvalue weighted by Crippen LogP contribution is -2.32. The van der Waals surface area contributed by atoms with Crippen LogP contribution in [0, 0.1) is 0 Å². The molecule has 1 heterocycles. The first kappa shape index (κ1) is 19.1. The van der Waals surface area contributed by atoms with E-state index in [1.54, 1.807) is 6.20 Å². The first-order valence-corrected chi connectivity index (χ1v) is 8.21. The Morgan fingerprint density at radius 1 is 1.27 bits per heavy atom. The largest absolute Gasteiger partial charge is 0.383 e. The number of anilines is 2. The summed E-state index contributed by atoms with van der Waals surface area (Å²) in [6.07, 6.45) is 3.67. The molecule has 0 aliphatic heterocycles. The highest BCUT2D eigenvalue weighted by Gasteiger charge is 2.11. The van der Waals surface area contributed by atoms with Crippen LogP contribution in [0.4, 0.5) is 11.5 Å². The van der Waals surface area contributed by atoms with Gasteiger partial charge in [0.1, 0.15) is 11.7 Å². The summed E-state index contributed by atoms with van der Waals surface area (Å²) >= 11 is 0. The number of allylic oxidation sites excluding steroid dienone is 1. The highest BCUT2D eigenvalue weighted by Crippen LogP contribution is 2.25. The van der Waals surface area contributed by atoms with E-state index < -0.39 is 0 Å². The Morgan fingerprint density at radius 3 is 2.69 bits per heavy atom. The molecule has 0 aliphatic carbocycles. The first-order valence-electron chi connectivity index (χ1n) is 8.21. The van der Waals surface area contributed by atoms with E-state index in [9.17, 15) is 4.79 Å². The normalized spacial score (nSPS) is 12.0. The molecule has 7 nitrogen and oxygen atoms in total. The number of aliphatic imine (C=N–C) groups is 1. The van der Waals surface area contributed by atoms with Crippen LogP contribution in [0.15, 0.2) is 53.2 Å². The van der Waals surface area contributed by atoms with Gasteiger partial charge in [-0.05, 0) is 37.6 Å². The Kier molecular flexibility index (Phi) is 6.46. The fraction of sp³-hybridized carbons (Fsp3) is 0.211. The molecule has 2 rings (SSSR count). The molecule has 0 spiro atoms. The molecule has 0 unspecified atom stereocenters. The zero-order valence-electron chi connectivity index (χ0n) is 15.2. The van der Waals surface area contributed by atoms with E-state index in [-0.39, 0.29) is 5.91 Å². The molecule has 0 aliphatic rings. The van der Waals surface area contributed by atoms with Crippen LogP contribution in [0.5, 0.6) is 0 Å². The molecule has 0 bridgehead atoms. The number of benzene rings is 1. The number of hydrazine groups is 1. The number of aromatic nitrogens is 1. The van der Waals surface area contributed by atoms with Gasteiger partial charge in [0.05, 0.1) is 12.1 Å². The van der Waals surface area contributed by atoms with Crippen molar-refractivity contribution in [2.45, 2.75) is 20.8 Å². The lowest BCUT2D eigenvalue weighted by atomic mass is 10.0. The predicted molar refractivity (Wildman–Crippen MR) is 107 cm³/mol. The van der Waals surface area contributed by atoms with Crippen molar-refractivity contribution < 1.29 is 4.79 Å². The fourth-order valence-corrected chi connectivity index (χ4v) is 2.31. The standard InChI is InChI=1S/C19H24N6O/c1-4-12(2)10-23-19(25-21)17-9-15(11-22-18(17)20)14-6-5-7-16(8-14)24-13(3)26/h4-9,11H,10,21H2,1-3H3,(H2,20,22)(H,23,25)(H,24,26)/b12-4-. The number of nitrogens with zero attached hydrogens (tertiary/aromatic N) is 2. The third-order valence-electron chi connectivity index (χ3n) is 3.81. The van der Waals surface area contributed by atoms with Crippen LogP contribution in [0.3, 0.4) is 0 Å². The third kappa shape index (κ3) is 4.90. The SMILES string of the molecule is C/C=C(/C)CN=C(NN)c1cc(-c2cccc(NC(C)=O)c2)cnc1N. The van der Waals surface area contributed by atoms with E-state index in [0.29, 0.717) is 29.4 Å². The number of hydrogen-bond acceptors (Lipinski definition) is 5. The Morgan fingerprint density at radius 2 is 2.04 bits per heavy atom. The van der Waals surface area contributed by atoms with Gasteiger partial charge in [0.2, 0.25) is 5.91 Å². The van der Waals surface area contributed by atoms with Crippen LogP contribution >= 0.6 is 0 Å². The molecule has 7 heteroatoms. The zero-order valence-corrected chi connectivity index (χ0v) is 15.2. The van der Waals surface area contributed by atoms with Crippen LogP contribution in [-0.2, 0) is 4.79 Å². The van der Waals surface area contributed by atoms with Crippen LogP contribution in [0.2, 0.25) is 0 Å². The van der Waals surface area contributed by atoms with Crippen molar-refractivity contribution in [2.75, 3.05) is 17.6 Å². The first-order chi connectivity index (χ1) is 12.4. The molecule has 0 saturated heterocycles. The summed E-state index contributed by atoms with van der Waals surface area (Å²) < 4.78 is 0. The quantitative estimate of drug-likeness (QED) is 0.217. The van der Waals surface area contributed by atoms with Gasteiger partial charge in [-0.3, -0.25) is 9.79 Å². The summed E-state index contributed by atoms with van der Waals surface area (Å²) in [4.78, 5) is 20.0. The van der Waals surface area contributed by atoms with Gasteiger partial charge in [0.25, 0.3) is 0 Å². The van der Waals surface area contributed by atoms with Crippen molar-refractivity contribution in [3.8, 4) is 11.1 Å². The lowest BCUT2D eigenvalue weighted by molar-refractivity contribution is -0.114. The molecule has 26 heavy (non-hydrogen) atoms. The predicted octanol–water partition coefficient (Wildman–Crippen LogP) is 2.47. The second-order valence-electron chi connectivity index (χ2n) is 5.86. The van der Waals surface area contributed by atoms with E-state index in [1.807, 2.05) is 50.3 Å². The van der Waals surface area contributed by atoms with Crippen LogP contribution in [-0.4, -0.2) is 23.3 Å². The molecule has 2 aromatic rings. The molecule has 6 N–H and O–H groups in total. The second-order valence-corrected chi connectivity index (χ2v) is 5.86. The Labute approximate surface area is 153 Å². The number of nitrogens with two attached hydrogens (primary N) is 2. The molecule has 0 fully saturated rings. The lowest BCUT2D eigenvalue weighted by Gasteiger charge is -2.11. The molecule has 136 valence electrons. The van der Waals surface area contributed by atoms with E-state index in [0.717, 1.165) is 16.7 Å². The number of rotatable bonds is 5. The summed E-state index contributed by atoms with van der Waals surface area (Å²) in [5, 5.41) is 2.77. The number of nitrogen functional groups attached to an aromatic ring is 1. The van der Waals surface area contributed by atoms with Gasteiger partial charge in [0, 0.05) is 24.4 Å². The van der Waals surface area contributed by atoms with Crippen molar-refractivity contribution in [3.63, 3.8) is 0 Å². The summed E-state index contributed by atoms with van der Waals surface area (Å²) in [5.41, 5.74) is 12.8. The van der Waals surface area contributed by atoms with Crippen LogP contribution in [0.1, 0.15) is 26.3 Å². The number of pyridine rings is 1. The Bertz CT molecular complexity index is 857. The summed E-state index contributed by atoms with van der Waals surface area (Å²) in [5.74, 6) is 6.32. The average Bonchev–Trinajstić information content (AvgIpc) is 2.62. The van der Waals surface area contributed by atoms with Crippen LogP contribution in [0.25, 0.3) is 11.1 Å². The van der Waals surface area contributed by atoms with Crippen molar-refractivity contribution in [1.29, 1.82) is 0 Å². The fourth-order valence-electron chi connectivity index (χ4n) is 2.31. The molecule has 0 saturated carbocycles. The number of nitrogens with one attached hydrogen (secondary N) is 2. The van der Waals surface area contributed by atoms with E-state index in [1.165, 1.54) is 6.92 Å². The number of hydrogen-bond donors (Lipinski definition) is 4. The van der Waals surface area contributed by atoms with Gasteiger partial charge in [-0.25, -0.2) is 10.8 Å². The minimum absolute atomic E-state index is 0.126. The summed E-state index contributed by atoms with van der Waals surface area (Å²) in [6.45, 7) is 5.93. The topological polar surface area (TPSA) is 118 Å². The van der Waals surface area contributed by atoms with Gasteiger partial charge in [0.15, 0.2) is 0 Å². The number of amidine groups is 1. The van der Waals surface area contributed by atoms with Crippen molar-refractivity contribution in [2.24, 2.45) is 10.8 Å². The minimum atomic E-state index is -0.126. The van der Waals surface area contributed by atoms with Gasteiger partial charge in [-0.15, -0.1) is 0 Å². The maximum atomic E-state index is 11.3. The minimum Gasteiger partial charge on any atom is -0.383 e. The summed E-state index contributed by atoms with van der Waals surface area (Å²) in [7, 11) is 0.